The molecule has 0 saturated carbocycles. The van der Waals surface area contributed by atoms with E-state index in [0.717, 1.165) is 33.7 Å². The number of aromatic nitrogens is 2. The van der Waals surface area contributed by atoms with Crippen LogP contribution >= 0.6 is 0 Å². The zero-order chi connectivity index (χ0) is 21.1. The van der Waals surface area contributed by atoms with Gasteiger partial charge in [-0.05, 0) is 36.6 Å². The molecule has 0 amide bonds. The molecular weight excluding hydrogens is 374 g/mol. The normalized spacial score (nSPS) is 12.1. The summed E-state index contributed by atoms with van der Waals surface area (Å²) in [4.78, 5) is 17.0. The Kier molecular flexibility index (Phi) is 5.63. The number of imidazole rings is 1. The quantitative estimate of drug-likeness (QED) is 0.488. The SMILES string of the molecule is CCOC(=O)C(N)Cc1c(-c2ccc(-c3ccccc3)cc2)nc2c(C)cccn12. The van der Waals surface area contributed by atoms with Crippen LogP contribution in [0, 0.1) is 6.92 Å². The lowest BCUT2D eigenvalue weighted by molar-refractivity contribution is -0.144. The van der Waals surface area contributed by atoms with E-state index in [1.54, 1.807) is 6.92 Å². The van der Waals surface area contributed by atoms with Gasteiger partial charge in [0, 0.05) is 18.2 Å². The molecule has 0 saturated heterocycles. The van der Waals surface area contributed by atoms with Gasteiger partial charge in [-0.15, -0.1) is 0 Å². The molecule has 2 aromatic heterocycles. The van der Waals surface area contributed by atoms with E-state index < -0.39 is 12.0 Å². The van der Waals surface area contributed by atoms with Crippen LogP contribution in [0.4, 0.5) is 0 Å². The zero-order valence-electron chi connectivity index (χ0n) is 17.2. The van der Waals surface area contributed by atoms with Gasteiger partial charge < -0.3 is 14.9 Å². The van der Waals surface area contributed by atoms with Crippen molar-refractivity contribution < 1.29 is 9.53 Å². The van der Waals surface area contributed by atoms with E-state index in [9.17, 15) is 4.79 Å². The number of benzene rings is 2. The van der Waals surface area contributed by atoms with Crippen molar-refractivity contribution in [3.8, 4) is 22.4 Å². The molecule has 4 rings (SSSR count). The smallest absolute Gasteiger partial charge is 0.323 e. The maximum atomic E-state index is 12.1. The molecule has 1 atom stereocenters. The highest BCUT2D eigenvalue weighted by molar-refractivity contribution is 5.77. The topological polar surface area (TPSA) is 69.6 Å². The minimum atomic E-state index is -0.743. The van der Waals surface area contributed by atoms with E-state index in [2.05, 4.69) is 36.4 Å². The first-order valence-corrected chi connectivity index (χ1v) is 10.1. The second-order valence-electron chi connectivity index (χ2n) is 7.30. The van der Waals surface area contributed by atoms with Crippen molar-refractivity contribution in [1.82, 2.24) is 9.38 Å². The van der Waals surface area contributed by atoms with Crippen molar-refractivity contribution >= 4 is 11.6 Å². The van der Waals surface area contributed by atoms with E-state index >= 15 is 0 Å². The maximum Gasteiger partial charge on any atom is 0.323 e. The number of nitrogens with two attached hydrogens (primary N) is 1. The van der Waals surface area contributed by atoms with E-state index in [-0.39, 0.29) is 0 Å². The van der Waals surface area contributed by atoms with Crippen molar-refractivity contribution in [2.45, 2.75) is 26.3 Å². The Morgan fingerprint density at radius 1 is 1.00 bits per heavy atom. The van der Waals surface area contributed by atoms with Crippen molar-refractivity contribution in [3.05, 3.63) is 84.2 Å². The monoisotopic (exact) mass is 399 g/mol. The number of hydrogen-bond donors (Lipinski definition) is 1. The Labute approximate surface area is 176 Å². The van der Waals surface area contributed by atoms with Crippen LogP contribution in [0.3, 0.4) is 0 Å². The number of ether oxygens (including phenoxy) is 1. The summed E-state index contributed by atoms with van der Waals surface area (Å²) in [5.41, 5.74) is 13.1. The van der Waals surface area contributed by atoms with Crippen molar-refractivity contribution in [2.75, 3.05) is 6.61 Å². The summed E-state index contributed by atoms with van der Waals surface area (Å²) in [6.45, 7) is 4.12. The average molecular weight is 399 g/mol. The summed E-state index contributed by atoms with van der Waals surface area (Å²) in [6, 6.07) is 21.8. The molecule has 2 N–H and O–H groups in total. The molecule has 0 bridgehead atoms. The van der Waals surface area contributed by atoms with Gasteiger partial charge in [0.05, 0.1) is 18.0 Å². The first kappa shape index (κ1) is 19.9. The molecule has 0 fully saturated rings. The van der Waals surface area contributed by atoms with Gasteiger partial charge >= 0.3 is 5.97 Å². The zero-order valence-corrected chi connectivity index (χ0v) is 17.2. The third-order valence-electron chi connectivity index (χ3n) is 5.21. The molecule has 5 heteroatoms. The second-order valence-corrected chi connectivity index (χ2v) is 7.30. The maximum absolute atomic E-state index is 12.1. The van der Waals surface area contributed by atoms with Gasteiger partial charge in [0.25, 0.3) is 0 Å². The van der Waals surface area contributed by atoms with E-state index in [1.807, 2.05) is 47.9 Å². The minimum absolute atomic E-state index is 0.312. The molecule has 0 aliphatic rings. The number of fused-ring (bicyclic) bond motifs is 1. The summed E-state index contributed by atoms with van der Waals surface area (Å²) >= 11 is 0. The van der Waals surface area contributed by atoms with E-state index in [4.69, 9.17) is 15.5 Å². The summed E-state index contributed by atoms with van der Waals surface area (Å²) in [6.07, 6.45) is 2.31. The number of nitrogens with zero attached hydrogens (tertiary/aromatic N) is 2. The van der Waals surface area contributed by atoms with Crippen LogP contribution < -0.4 is 5.73 Å². The molecular formula is C25H25N3O2. The fourth-order valence-corrected chi connectivity index (χ4v) is 3.67. The number of hydrogen-bond acceptors (Lipinski definition) is 4. The van der Waals surface area contributed by atoms with Crippen LogP contribution in [0.1, 0.15) is 18.2 Å². The number of carbonyl (C=O) groups excluding carboxylic acids is 1. The molecule has 0 aliphatic carbocycles. The summed E-state index contributed by atoms with van der Waals surface area (Å²) < 4.78 is 7.13. The van der Waals surface area contributed by atoms with Crippen LogP contribution in [-0.2, 0) is 16.0 Å². The third-order valence-corrected chi connectivity index (χ3v) is 5.21. The lowest BCUT2D eigenvalue weighted by Gasteiger charge is -2.12. The molecule has 4 aromatic rings. The molecule has 0 radical (unpaired) electrons. The number of pyridine rings is 1. The van der Waals surface area contributed by atoms with Crippen molar-refractivity contribution in [2.24, 2.45) is 5.73 Å². The summed E-state index contributed by atoms with van der Waals surface area (Å²) in [5, 5.41) is 0. The lowest BCUT2D eigenvalue weighted by atomic mass is 10.0. The highest BCUT2D eigenvalue weighted by Gasteiger charge is 2.22. The Balaban J connectivity index is 1.76. The van der Waals surface area contributed by atoms with Gasteiger partial charge in [0.15, 0.2) is 0 Å². The van der Waals surface area contributed by atoms with Crippen LogP contribution in [0.5, 0.6) is 0 Å². The number of carbonyl (C=O) groups is 1. The minimum Gasteiger partial charge on any atom is -0.465 e. The predicted molar refractivity (Wildman–Crippen MR) is 119 cm³/mol. The van der Waals surface area contributed by atoms with Gasteiger partial charge in [-0.3, -0.25) is 4.79 Å². The third kappa shape index (κ3) is 3.84. The van der Waals surface area contributed by atoms with Gasteiger partial charge in [-0.2, -0.15) is 0 Å². The fraction of sp³-hybridized carbons (Fsp3) is 0.200. The first-order valence-electron chi connectivity index (χ1n) is 10.1. The van der Waals surface area contributed by atoms with Crippen LogP contribution in [-0.4, -0.2) is 28.0 Å². The highest BCUT2D eigenvalue weighted by Crippen LogP contribution is 2.29. The molecule has 2 heterocycles. The molecule has 1 unspecified atom stereocenters. The van der Waals surface area contributed by atoms with Gasteiger partial charge in [0.1, 0.15) is 11.7 Å². The summed E-state index contributed by atoms with van der Waals surface area (Å²) in [7, 11) is 0. The van der Waals surface area contributed by atoms with Gasteiger partial charge in [-0.25, -0.2) is 4.98 Å². The molecule has 5 nitrogen and oxygen atoms in total. The molecule has 0 spiro atoms. The first-order chi connectivity index (χ1) is 14.6. The number of rotatable bonds is 6. The predicted octanol–water partition coefficient (Wildman–Crippen LogP) is 4.41. The van der Waals surface area contributed by atoms with Crippen LogP contribution in [0.2, 0.25) is 0 Å². The largest absolute Gasteiger partial charge is 0.465 e. The Bertz CT molecular complexity index is 1160. The average Bonchev–Trinajstić information content (AvgIpc) is 3.14. The standard InChI is InChI=1S/C25H25N3O2/c1-3-30-25(29)21(26)16-22-23(27-24-17(2)8-7-15-28(22)24)20-13-11-19(12-14-20)18-9-5-4-6-10-18/h4-15,21H,3,16,26H2,1-2H3. The Hall–Kier alpha value is -3.44. The van der Waals surface area contributed by atoms with Crippen molar-refractivity contribution in [3.63, 3.8) is 0 Å². The van der Waals surface area contributed by atoms with E-state index in [1.165, 1.54) is 5.56 Å². The van der Waals surface area contributed by atoms with E-state index in [0.29, 0.717) is 13.0 Å². The molecule has 30 heavy (non-hydrogen) atoms. The fourth-order valence-electron chi connectivity index (χ4n) is 3.67. The lowest BCUT2D eigenvalue weighted by Crippen LogP contribution is -2.34. The van der Waals surface area contributed by atoms with Gasteiger partial charge in [-0.1, -0.05) is 60.7 Å². The summed E-state index contributed by atoms with van der Waals surface area (Å²) in [5.74, 6) is -0.398. The number of aryl methyl sites for hydroxylation is 1. The molecule has 152 valence electrons. The van der Waals surface area contributed by atoms with Crippen molar-refractivity contribution in [1.29, 1.82) is 0 Å². The molecule has 2 aromatic carbocycles. The Morgan fingerprint density at radius 3 is 2.37 bits per heavy atom. The molecule has 0 aliphatic heterocycles. The highest BCUT2D eigenvalue weighted by atomic mass is 16.5. The van der Waals surface area contributed by atoms with Crippen LogP contribution in [0.15, 0.2) is 72.9 Å². The van der Waals surface area contributed by atoms with Gasteiger partial charge in [0.2, 0.25) is 0 Å². The Morgan fingerprint density at radius 2 is 1.67 bits per heavy atom. The second kappa shape index (κ2) is 8.51. The van der Waals surface area contributed by atoms with Crippen LogP contribution in [0.25, 0.3) is 28.0 Å². The number of esters is 1.